The quantitative estimate of drug-likeness (QED) is 0.370. The van der Waals surface area contributed by atoms with Crippen molar-refractivity contribution in [2.75, 3.05) is 0 Å². The minimum Gasteiger partial charge on any atom is -0.772 e. The number of nitrogens with zero attached hydrogens (tertiary/aromatic N) is 1. The van der Waals surface area contributed by atoms with E-state index in [0.717, 1.165) is 69.4 Å². The molecule has 0 aromatic heterocycles. The van der Waals surface area contributed by atoms with Gasteiger partial charge in [0.25, 0.3) is 11.9 Å². The van der Waals surface area contributed by atoms with Crippen LogP contribution in [0.2, 0.25) is 10.0 Å². The zero-order valence-corrected chi connectivity index (χ0v) is 25.0. The van der Waals surface area contributed by atoms with Crippen molar-refractivity contribution < 1.29 is 32.6 Å². The zero-order valence-electron chi connectivity index (χ0n) is 22.7. The lowest BCUT2D eigenvalue weighted by Crippen LogP contribution is -2.45. The topological polar surface area (TPSA) is 133 Å². The van der Waals surface area contributed by atoms with Crippen LogP contribution in [-0.2, 0) is 22.4 Å². The molecule has 6 rings (SSSR count). The molecule has 2 aliphatic heterocycles. The number of carbonyl (C=O) groups is 2. The Labute approximate surface area is 251 Å². The van der Waals surface area contributed by atoms with Gasteiger partial charge < -0.3 is 20.1 Å². The predicted octanol–water partition coefficient (Wildman–Crippen LogP) is 5.80. The number of benzene rings is 2. The van der Waals surface area contributed by atoms with Crippen molar-refractivity contribution in [3.63, 3.8) is 0 Å². The maximum atomic E-state index is 14.5. The standard InChI is InChI=1S/C24H25Cl2FN2O2.C3H6O2S.C2H4O2/c25-15-6-16(26)8-19(7-15)31-20-9-17-3-4-18(10-20)29(17)12-14-5-23(27)22(24(28)30)11-21(14)13-1-2-13;4-6(5)3-1-2-3;1-2(3)4/h5-8,11,13,17-18,20H,1-4,9-10,12H2,(H2,28,30);3H,1-2H2,(H,4,5);1H3,(H,3,4)/p-1/t17-,18+,20?;;. The predicted molar refractivity (Wildman–Crippen MR) is 155 cm³/mol. The number of rotatable bonds is 7. The van der Waals surface area contributed by atoms with Crippen molar-refractivity contribution in [1.29, 1.82) is 0 Å². The molecule has 2 bridgehead atoms. The Balaban J connectivity index is 0.000000330. The second-order valence-corrected chi connectivity index (χ2v) is 13.1. The minimum atomic E-state index is -1.76. The van der Waals surface area contributed by atoms with Gasteiger partial charge in [-0.25, -0.2) is 4.39 Å². The largest absolute Gasteiger partial charge is 0.772 e. The summed E-state index contributed by atoms with van der Waals surface area (Å²) in [4.78, 5) is 23.1. The first kappa shape index (κ1) is 31.7. The van der Waals surface area contributed by atoms with Crippen molar-refractivity contribution in [3.05, 3.63) is 62.9 Å². The molecule has 4 aliphatic rings. The Hall–Kier alpha value is -2.24. The van der Waals surface area contributed by atoms with Crippen LogP contribution in [0.15, 0.2) is 30.3 Å². The lowest BCUT2D eigenvalue weighted by atomic mass is 9.95. The second kappa shape index (κ2) is 13.8. The van der Waals surface area contributed by atoms with Gasteiger partial charge in [0.2, 0.25) is 0 Å². The molecule has 0 spiro atoms. The van der Waals surface area contributed by atoms with Gasteiger partial charge in [0, 0.05) is 40.8 Å². The van der Waals surface area contributed by atoms with E-state index in [0.29, 0.717) is 40.3 Å². The normalized spacial score (nSPS) is 23.9. The average Bonchev–Trinajstić information content (AvgIpc) is 3.77. The number of carboxylic acids is 1. The summed E-state index contributed by atoms with van der Waals surface area (Å²) in [6, 6.07) is 9.30. The van der Waals surface area contributed by atoms with Crippen LogP contribution >= 0.6 is 23.2 Å². The van der Waals surface area contributed by atoms with Crippen molar-refractivity contribution in [3.8, 4) is 5.75 Å². The van der Waals surface area contributed by atoms with E-state index in [1.54, 1.807) is 24.3 Å². The van der Waals surface area contributed by atoms with Gasteiger partial charge in [0.15, 0.2) is 0 Å². The first-order valence-electron chi connectivity index (χ1n) is 13.7. The van der Waals surface area contributed by atoms with Gasteiger partial charge in [-0.1, -0.05) is 34.3 Å². The van der Waals surface area contributed by atoms with Gasteiger partial charge in [-0.3, -0.25) is 18.7 Å². The van der Waals surface area contributed by atoms with Gasteiger partial charge >= 0.3 is 0 Å². The molecule has 41 heavy (non-hydrogen) atoms. The highest BCUT2D eigenvalue weighted by molar-refractivity contribution is 7.80. The smallest absolute Gasteiger partial charge is 0.300 e. The number of carbonyl (C=O) groups excluding carboxylic acids is 1. The molecule has 3 N–H and O–H groups in total. The average molecular weight is 629 g/mol. The summed E-state index contributed by atoms with van der Waals surface area (Å²) in [5, 5.41) is 8.57. The molecule has 2 saturated carbocycles. The number of carboxylic acid groups (broad SMARTS) is 1. The molecule has 4 atom stereocenters. The van der Waals surface area contributed by atoms with Crippen molar-refractivity contribution in [2.45, 2.75) is 94.2 Å². The molecule has 2 saturated heterocycles. The van der Waals surface area contributed by atoms with Crippen LogP contribution < -0.4 is 10.5 Å². The van der Waals surface area contributed by atoms with E-state index in [1.807, 2.05) is 0 Å². The van der Waals surface area contributed by atoms with Crippen molar-refractivity contribution in [1.82, 2.24) is 4.90 Å². The third-order valence-corrected chi connectivity index (χ3v) is 9.09. The van der Waals surface area contributed by atoms with Gasteiger partial charge in [-0.05, 0) is 98.7 Å². The van der Waals surface area contributed by atoms with E-state index >= 15 is 0 Å². The highest BCUT2D eigenvalue weighted by Gasteiger charge is 2.42. The third-order valence-electron chi connectivity index (χ3n) is 7.64. The second-order valence-electron chi connectivity index (χ2n) is 11.0. The maximum absolute atomic E-state index is 14.5. The SMILES string of the molecule is CC(=O)O.NC(=O)c1cc(C2CC2)c(CN2[C@@H]3CC[C@H]2CC(Oc2cc(Cl)cc(Cl)c2)C3)cc1F.O=S([O-])C1CC1. The van der Waals surface area contributed by atoms with Crippen LogP contribution in [-0.4, -0.2) is 54.1 Å². The van der Waals surface area contributed by atoms with Gasteiger partial charge in [0.1, 0.15) is 17.7 Å². The number of hydrogen-bond acceptors (Lipinski definition) is 6. The van der Waals surface area contributed by atoms with Gasteiger partial charge in [-0.2, -0.15) is 0 Å². The fourth-order valence-electron chi connectivity index (χ4n) is 5.56. The highest BCUT2D eigenvalue weighted by atomic mass is 35.5. The summed E-state index contributed by atoms with van der Waals surface area (Å²) in [7, 11) is 0. The fourth-order valence-corrected chi connectivity index (χ4v) is 6.58. The van der Waals surface area contributed by atoms with E-state index in [9.17, 15) is 17.9 Å². The number of aliphatic carboxylic acids is 1. The summed E-state index contributed by atoms with van der Waals surface area (Å²) in [5.74, 6) is -0.935. The Bertz CT molecular complexity index is 1270. The molecule has 224 valence electrons. The molecule has 0 radical (unpaired) electrons. The zero-order chi connectivity index (χ0) is 29.8. The summed E-state index contributed by atoms with van der Waals surface area (Å²) in [5.41, 5.74) is 7.44. The summed E-state index contributed by atoms with van der Waals surface area (Å²) < 4.78 is 40.3. The van der Waals surface area contributed by atoms with E-state index in [2.05, 4.69) is 4.90 Å². The molecule has 1 amide bonds. The summed E-state index contributed by atoms with van der Waals surface area (Å²) in [6.07, 6.45) is 8.11. The third kappa shape index (κ3) is 9.12. The lowest BCUT2D eigenvalue weighted by molar-refractivity contribution is -0.134. The monoisotopic (exact) mass is 627 g/mol. The summed E-state index contributed by atoms with van der Waals surface area (Å²) >= 11 is 10.5. The number of fused-ring (bicyclic) bond motifs is 2. The molecule has 12 heteroatoms. The van der Waals surface area contributed by atoms with Crippen LogP contribution in [0.5, 0.6) is 5.75 Å². The number of ether oxygens (including phenoxy) is 1. The van der Waals surface area contributed by atoms with E-state index in [4.69, 9.17) is 43.6 Å². The first-order chi connectivity index (χ1) is 19.4. The fraction of sp³-hybridized carbons (Fsp3) is 0.517. The number of amides is 1. The van der Waals surface area contributed by atoms with Gasteiger partial charge in [0.05, 0.1) is 5.56 Å². The maximum Gasteiger partial charge on any atom is 0.300 e. The molecular formula is C29H34Cl2FN2O6S-. The number of hydrogen-bond donors (Lipinski definition) is 2. The molecule has 4 fully saturated rings. The van der Waals surface area contributed by atoms with Crippen LogP contribution in [0.4, 0.5) is 4.39 Å². The van der Waals surface area contributed by atoms with Gasteiger partial charge in [-0.15, -0.1) is 0 Å². The van der Waals surface area contributed by atoms with Crippen LogP contribution in [0.3, 0.4) is 0 Å². The Morgan fingerprint density at radius 2 is 1.61 bits per heavy atom. The Morgan fingerprint density at radius 1 is 1.05 bits per heavy atom. The summed E-state index contributed by atoms with van der Waals surface area (Å²) in [6.45, 7) is 1.78. The molecule has 2 heterocycles. The number of halogens is 3. The molecular weight excluding hydrogens is 594 g/mol. The van der Waals surface area contributed by atoms with Crippen LogP contribution in [0.1, 0.15) is 85.7 Å². The molecule has 2 unspecified atom stereocenters. The number of nitrogens with two attached hydrogens (primary N) is 1. The molecule has 2 aliphatic carbocycles. The van der Waals surface area contributed by atoms with Crippen LogP contribution in [0, 0.1) is 5.82 Å². The molecule has 8 nitrogen and oxygen atoms in total. The lowest BCUT2D eigenvalue weighted by Gasteiger charge is -2.39. The highest BCUT2D eigenvalue weighted by Crippen LogP contribution is 2.44. The molecule has 2 aromatic rings. The van der Waals surface area contributed by atoms with Crippen molar-refractivity contribution >= 4 is 46.2 Å². The van der Waals surface area contributed by atoms with Crippen LogP contribution in [0.25, 0.3) is 0 Å². The minimum absolute atomic E-state index is 0.000845. The number of piperidine rings is 1. The van der Waals surface area contributed by atoms with E-state index in [1.165, 1.54) is 6.07 Å². The van der Waals surface area contributed by atoms with E-state index < -0.39 is 28.8 Å². The van der Waals surface area contributed by atoms with E-state index in [-0.39, 0.29) is 16.9 Å². The first-order valence-corrected chi connectivity index (χ1v) is 15.6. The van der Waals surface area contributed by atoms with Crippen molar-refractivity contribution in [2.24, 2.45) is 5.73 Å². The Morgan fingerprint density at radius 3 is 2.05 bits per heavy atom. The molecule has 2 aromatic carbocycles. The Kier molecular flexibility index (Phi) is 10.7. The number of primary amides is 1.